The molecule has 0 heterocycles. The van der Waals surface area contributed by atoms with Crippen LogP contribution < -0.4 is 80.2 Å². The second kappa shape index (κ2) is 55.9. The van der Waals surface area contributed by atoms with E-state index in [-0.39, 0.29) is 11.8 Å². The molecule has 0 aliphatic heterocycles. The van der Waals surface area contributed by atoms with Crippen molar-refractivity contribution in [3.8, 4) is 0 Å². The Morgan fingerprint density at radius 1 is 0.175 bits per heavy atom. The summed E-state index contributed by atoms with van der Waals surface area (Å²) in [7, 11) is 0. The second-order valence-corrected chi connectivity index (χ2v) is 35.3. The van der Waals surface area contributed by atoms with Crippen molar-refractivity contribution in [2.75, 3.05) is 0 Å². The van der Waals surface area contributed by atoms with Crippen molar-refractivity contribution in [2.45, 2.75) is 388 Å². The van der Waals surface area contributed by atoms with Gasteiger partial charge in [-0.15, -0.1) is 0 Å². The number of carboxylic acid groups (broad SMARTS) is 1. The van der Waals surface area contributed by atoms with Crippen LogP contribution in [0.2, 0.25) is 0 Å². The number of carbonyl (C=O) groups excluding carboxylic acids is 14. The van der Waals surface area contributed by atoms with Crippen LogP contribution in [-0.2, 0) is 71.9 Å². The minimum atomic E-state index is -1.29. The van der Waals surface area contributed by atoms with Crippen LogP contribution in [0, 0.1) is 88.8 Å². The number of carbonyl (C=O) groups is 15. The summed E-state index contributed by atoms with van der Waals surface area (Å²) in [6.45, 7) is 53.8. The molecule has 0 aliphatic rings. The molecule has 0 aromatic rings. The van der Waals surface area contributed by atoms with Crippen LogP contribution in [0.15, 0.2) is 0 Å². The topological polar surface area (TPSA) is 471 Å². The summed E-state index contributed by atoms with van der Waals surface area (Å²) in [5, 5.41) is 50.0. The van der Waals surface area contributed by atoms with E-state index in [1.165, 1.54) is 0 Å². The average Bonchev–Trinajstić information content (AvgIpc) is 0.832. The molecule has 0 rings (SSSR count). The van der Waals surface area contributed by atoms with Gasteiger partial charge in [0.05, 0.1) is 6.04 Å². The van der Waals surface area contributed by atoms with Crippen LogP contribution in [0.3, 0.4) is 0 Å². The number of amides is 14. The van der Waals surface area contributed by atoms with Crippen molar-refractivity contribution < 1.29 is 77.0 Å². The van der Waals surface area contributed by atoms with Crippen molar-refractivity contribution in [1.29, 1.82) is 0 Å². The Balaban J connectivity index is 7.35. The molecule has 14 amide bonds. The Morgan fingerprint density at radius 2 is 0.258 bits per heavy atom. The maximum Gasteiger partial charge on any atom is 0.326 e. The summed E-state index contributed by atoms with van der Waals surface area (Å²) >= 11 is 0. The van der Waals surface area contributed by atoms with Gasteiger partial charge in [-0.2, -0.15) is 0 Å². The van der Waals surface area contributed by atoms with Gasteiger partial charge < -0.3 is 85.3 Å². The lowest BCUT2D eigenvalue weighted by Gasteiger charge is -2.34. The Morgan fingerprint density at radius 3 is 0.342 bits per heavy atom. The van der Waals surface area contributed by atoms with E-state index in [0.29, 0.717) is 89.9 Å². The molecule has 0 unspecified atom stereocenters. The zero-order chi connectivity index (χ0) is 92.8. The molecule has 120 heavy (non-hydrogen) atoms. The maximum atomic E-state index is 15.0. The van der Waals surface area contributed by atoms with Crippen LogP contribution in [-0.4, -0.2) is 184 Å². The largest absolute Gasteiger partial charge is 0.480 e. The lowest BCUT2D eigenvalue weighted by molar-refractivity contribution is -0.144. The Hall–Kier alpha value is -7.99. The molecule has 0 aliphatic carbocycles. The van der Waals surface area contributed by atoms with E-state index in [0.717, 1.165) is 0 Å². The Kier molecular flexibility index (Phi) is 52.2. The molecule has 0 spiro atoms. The van der Waals surface area contributed by atoms with Crippen molar-refractivity contribution in [1.82, 2.24) is 74.4 Å². The fourth-order valence-electron chi connectivity index (χ4n) is 13.5. The SMILES string of the molecule is CC[C@H](C)[C@H](NC(=O)[C@@H](NC(=O)[C@@H](NC(=O)[C@@H](NC(=O)[C@@H](NC(=O)[C@@H](NC(=O)[C@@H](NC(=O)[C@@H](NC(=O)[C@@H](NC(=O)[C@@H](NC(=O)[C@@H](NC(=O)[C@@H](NC(=O)[C@@H](NC(=O)[C@@H](NC(=O)[C@@H](N)C(C)C)[C@@H](C)CC)[C@@H](C)CC)[C@@H](C)CC)[C@@H](C)CC)[C@@H](C)CC)[C@@H](C)CC)[C@@H](C)CC)[C@@H](C)CC)[C@@H](C)CC)[C@@H](C)CC)[C@@H](C)CC)[C@@H](C)CC)[C@@H](C)CC)C(=O)O. The third-order valence-corrected chi connectivity index (χ3v) is 26.1. The molecule has 29 atom stereocenters. The summed E-state index contributed by atoms with van der Waals surface area (Å²) in [5.74, 6) is -17.9. The van der Waals surface area contributed by atoms with Crippen molar-refractivity contribution >= 4 is 88.7 Å². The molecule has 0 saturated heterocycles. The third kappa shape index (κ3) is 34.0. The third-order valence-electron chi connectivity index (χ3n) is 26.1. The Labute approximate surface area is 719 Å². The normalized spacial score (nSPS) is 18.9. The van der Waals surface area contributed by atoms with Crippen LogP contribution >= 0.6 is 0 Å². The van der Waals surface area contributed by atoms with E-state index in [1.807, 2.05) is 96.9 Å². The number of nitrogens with two attached hydrogens (primary N) is 1. The average molecular weight is 1700 g/mol. The first-order valence-electron chi connectivity index (χ1n) is 45.3. The monoisotopic (exact) mass is 1700 g/mol. The van der Waals surface area contributed by atoms with Gasteiger partial charge in [0, 0.05) is 0 Å². The lowest BCUT2D eigenvalue weighted by atomic mass is 9.91. The molecule has 31 heteroatoms. The fourth-order valence-corrected chi connectivity index (χ4v) is 13.5. The van der Waals surface area contributed by atoms with Gasteiger partial charge in [0.15, 0.2) is 0 Å². The highest BCUT2D eigenvalue weighted by molar-refractivity contribution is 6.01. The molecular formula is C89H165N15O16. The van der Waals surface area contributed by atoms with Crippen molar-refractivity contribution in [2.24, 2.45) is 94.5 Å². The van der Waals surface area contributed by atoms with Gasteiger partial charge >= 0.3 is 5.97 Å². The van der Waals surface area contributed by atoms with Crippen LogP contribution in [0.25, 0.3) is 0 Å². The van der Waals surface area contributed by atoms with E-state index < -0.39 is 256 Å². The van der Waals surface area contributed by atoms with E-state index >= 15 is 0 Å². The van der Waals surface area contributed by atoms with E-state index in [4.69, 9.17) is 5.73 Å². The van der Waals surface area contributed by atoms with E-state index in [9.17, 15) is 77.0 Å². The van der Waals surface area contributed by atoms with Crippen LogP contribution in [0.5, 0.6) is 0 Å². The first-order chi connectivity index (χ1) is 56.1. The predicted octanol–water partition coefficient (Wildman–Crippen LogP) is 7.49. The standard InChI is InChI=1S/C89H165N15O16/c1-31-46(17)61(91-75(105)60(90)45(15)16)76(106)92-62(47(18)32-2)77(107)93-63(48(19)33-3)78(108)94-64(49(20)34-4)79(109)95-65(50(21)35-5)80(110)96-66(51(22)36-6)81(111)97-67(52(23)37-7)82(112)98-68(53(24)38-8)83(113)99-69(54(25)39-9)84(114)100-70(55(26)40-10)85(115)101-71(56(27)41-11)86(116)102-72(57(28)42-12)87(117)103-73(58(29)43-13)88(118)104-74(89(119)120)59(30)44-14/h45-74H,31-44,90H2,1-30H3,(H,91,105)(H,92,106)(H,93,107)(H,94,108)(H,95,109)(H,96,110)(H,97,111)(H,98,112)(H,99,113)(H,100,114)(H,101,115)(H,102,116)(H,103,117)(H,104,118)(H,119,120)/t46-,47-,48-,49-,50-,51-,52-,53-,54-,55-,56-,57-,58-,59-,60-,61-,62-,63-,64-,65-,66-,67-,68-,69-,70-,71-,72-,73-,74-/m0/s1. The summed E-state index contributed by atoms with van der Waals surface area (Å²) in [6, 6.07) is -18.0. The maximum absolute atomic E-state index is 15.0. The van der Waals surface area contributed by atoms with Gasteiger partial charge in [0.25, 0.3) is 0 Å². The number of hydrogen-bond acceptors (Lipinski definition) is 16. The first kappa shape index (κ1) is 112. The Bertz CT molecular complexity index is 3220. The predicted molar refractivity (Wildman–Crippen MR) is 470 cm³/mol. The summed E-state index contributed by atoms with van der Waals surface area (Å²) in [5.41, 5.74) is 6.16. The van der Waals surface area contributed by atoms with Gasteiger partial charge in [-0.3, -0.25) is 67.1 Å². The number of carboxylic acids is 1. The highest BCUT2D eigenvalue weighted by atomic mass is 16.4. The molecule has 0 fully saturated rings. The number of rotatable bonds is 58. The van der Waals surface area contributed by atoms with Gasteiger partial charge in [-0.25, -0.2) is 4.79 Å². The summed E-state index contributed by atoms with van der Waals surface area (Å²) in [4.78, 5) is 216. The summed E-state index contributed by atoms with van der Waals surface area (Å²) in [6.07, 6.45) is 5.71. The zero-order valence-corrected chi connectivity index (χ0v) is 78.9. The van der Waals surface area contributed by atoms with Gasteiger partial charge in [0.1, 0.15) is 84.6 Å². The molecule has 692 valence electrons. The second-order valence-electron chi connectivity index (χ2n) is 35.3. The van der Waals surface area contributed by atoms with Gasteiger partial charge in [0.2, 0.25) is 82.7 Å². The minimum absolute atomic E-state index is 0.213. The van der Waals surface area contributed by atoms with Crippen molar-refractivity contribution in [3.05, 3.63) is 0 Å². The summed E-state index contributed by atoms with van der Waals surface area (Å²) < 4.78 is 0. The fraction of sp³-hybridized carbons (Fsp3) is 0.831. The lowest BCUT2D eigenvalue weighted by Crippen LogP contribution is -2.64. The van der Waals surface area contributed by atoms with E-state index in [1.54, 1.807) is 111 Å². The smallest absolute Gasteiger partial charge is 0.326 e. The quantitative estimate of drug-likeness (QED) is 0.0280. The number of hydrogen-bond donors (Lipinski definition) is 16. The zero-order valence-electron chi connectivity index (χ0n) is 78.9. The molecule has 0 aromatic carbocycles. The molecule has 31 nitrogen and oxygen atoms in total. The van der Waals surface area contributed by atoms with Crippen LogP contribution in [0.1, 0.15) is 298 Å². The highest BCUT2D eigenvalue weighted by Crippen LogP contribution is 2.24. The van der Waals surface area contributed by atoms with Crippen LogP contribution in [0.4, 0.5) is 0 Å². The molecule has 0 saturated carbocycles. The van der Waals surface area contributed by atoms with Gasteiger partial charge in [-0.1, -0.05) is 298 Å². The number of nitrogens with one attached hydrogen (secondary N) is 14. The van der Waals surface area contributed by atoms with E-state index in [2.05, 4.69) is 74.4 Å². The van der Waals surface area contributed by atoms with Gasteiger partial charge in [-0.05, 0) is 88.8 Å². The molecule has 0 radical (unpaired) electrons. The molecule has 0 bridgehead atoms. The molecular weight excluding hydrogens is 1540 g/mol. The molecule has 0 aromatic heterocycles. The molecule has 17 N–H and O–H groups in total. The highest BCUT2D eigenvalue weighted by Gasteiger charge is 2.44. The first-order valence-corrected chi connectivity index (χ1v) is 45.3. The van der Waals surface area contributed by atoms with Crippen molar-refractivity contribution in [3.63, 3.8) is 0 Å². The minimum Gasteiger partial charge on any atom is -0.480 e. The number of aliphatic carboxylic acids is 1.